The molecule has 0 amide bonds. The quantitative estimate of drug-likeness (QED) is 0.618. The molecule has 0 aliphatic rings. The molecule has 78 valence electrons. The minimum absolute atomic E-state index is 0.0224. The van der Waals surface area contributed by atoms with Gasteiger partial charge in [0.15, 0.2) is 0 Å². The SMILES string of the molecule is O=S(=O)(Cl)Cc1c(F)ccc(Br)c1Cl. The first-order valence-electron chi connectivity index (χ1n) is 3.36. The third kappa shape index (κ3) is 3.08. The third-order valence-electron chi connectivity index (χ3n) is 1.46. The van der Waals surface area contributed by atoms with Crippen molar-refractivity contribution in [1.29, 1.82) is 0 Å². The molecule has 0 N–H and O–H groups in total. The van der Waals surface area contributed by atoms with Gasteiger partial charge in [-0.1, -0.05) is 11.6 Å². The van der Waals surface area contributed by atoms with Crippen LogP contribution in [0.2, 0.25) is 5.02 Å². The van der Waals surface area contributed by atoms with E-state index in [2.05, 4.69) is 15.9 Å². The molecule has 0 unspecified atom stereocenters. The number of hydrogen-bond acceptors (Lipinski definition) is 2. The Labute approximate surface area is 98.6 Å². The molecular weight excluding hydrogens is 318 g/mol. The molecule has 0 bridgehead atoms. The Morgan fingerprint density at radius 1 is 1.43 bits per heavy atom. The zero-order valence-corrected chi connectivity index (χ0v) is 10.5. The molecule has 0 saturated heterocycles. The van der Waals surface area contributed by atoms with Crippen LogP contribution in [0.4, 0.5) is 4.39 Å². The summed E-state index contributed by atoms with van der Waals surface area (Å²) in [6.45, 7) is 0. The molecule has 0 saturated carbocycles. The van der Waals surface area contributed by atoms with Crippen LogP contribution in [-0.2, 0) is 14.8 Å². The Morgan fingerprint density at radius 2 is 2.00 bits per heavy atom. The lowest BCUT2D eigenvalue weighted by Gasteiger charge is -2.04. The second kappa shape index (κ2) is 4.35. The van der Waals surface area contributed by atoms with E-state index in [1.165, 1.54) is 6.07 Å². The van der Waals surface area contributed by atoms with Gasteiger partial charge in [0.05, 0.1) is 10.8 Å². The average Bonchev–Trinajstić information content (AvgIpc) is 2.04. The van der Waals surface area contributed by atoms with Gasteiger partial charge in [0.2, 0.25) is 9.05 Å². The zero-order valence-electron chi connectivity index (χ0n) is 6.60. The molecule has 0 aliphatic carbocycles. The van der Waals surface area contributed by atoms with Crippen molar-refractivity contribution in [2.45, 2.75) is 5.75 Å². The number of halogens is 4. The smallest absolute Gasteiger partial charge is 0.212 e. The van der Waals surface area contributed by atoms with Gasteiger partial charge < -0.3 is 0 Å². The Bertz CT molecular complexity index is 461. The Morgan fingerprint density at radius 3 is 2.50 bits per heavy atom. The molecule has 14 heavy (non-hydrogen) atoms. The molecule has 0 atom stereocenters. The van der Waals surface area contributed by atoms with Crippen molar-refractivity contribution in [3.63, 3.8) is 0 Å². The van der Waals surface area contributed by atoms with Crippen molar-refractivity contribution >= 4 is 47.3 Å². The average molecular weight is 322 g/mol. The number of benzene rings is 1. The normalized spacial score (nSPS) is 11.7. The topological polar surface area (TPSA) is 34.1 Å². The molecule has 1 rings (SSSR count). The van der Waals surface area contributed by atoms with Crippen LogP contribution < -0.4 is 0 Å². The van der Waals surface area contributed by atoms with Crippen molar-refractivity contribution in [3.05, 3.63) is 33.0 Å². The highest BCUT2D eigenvalue weighted by Gasteiger charge is 2.16. The van der Waals surface area contributed by atoms with Crippen molar-refractivity contribution < 1.29 is 12.8 Å². The van der Waals surface area contributed by atoms with E-state index >= 15 is 0 Å². The highest BCUT2D eigenvalue weighted by Crippen LogP contribution is 2.30. The van der Waals surface area contributed by atoms with Gasteiger partial charge in [0.25, 0.3) is 0 Å². The number of hydrogen-bond donors (Lipinski definition) is 0. The Balaban J connectivity index is 3.27. The summed E-state index contributed by atoms with van der Waals surface area (Å²) < 4.78 is 35.0. The van der Waals surface area contributed by atoms with Gasteiger partial charge in [0, 0.05) is 20.7 Å². The predicted octanol–water partition coefficient (Wildman–Crippen LogP) is 3.31. The van der Waals surface area contributed by atoms with Crippen molar-refractivity contribution in [1.82, 2.24) is 0 Å². The van der Waals surface area contributed by atoms with Gasteiger partial charge in [-0.15, -0.1) is 0 Å². The van der Waals surface area contributed by atoms with Gasteiger partial charge in [-0.05, 0) is 28.1 Å². The molecule has 0 aliphatic heterocycles. The van der Waals surface area contributed by atoms with E-state index in [9.17, 15) is 12.8 Å². The zero-order chi connectivity index (χ0) is 10.9. The summed E-state index contributed by atoms with van der Waals surface area (Å²) in [6.07, 6.45) is 0. The molecule has 1 aromatic rings. The van der Waals surface area contributed by atoms with Crippen LogP contribution >= 0.6 is 38.2 Å². The molecule has 0 aromatic heterocycles. The maximum atomic E-state index is 13.1. The first-order chi connectivity index (χ1) is 6.31. The van der Waals surface area contributed by atoms with Crippen LogP contribution in [0.3, 0.4) is 0 Å². The summed E-state index contributed by atoms with van der Waals surface area (Å²) in [4.78, 5) is 0. The fourth-order valence-electron chi connectivity index (χ4n) is 0.874. The third-order valence-corrected chi connectivity index (χ3v) is 3.74. The van der Waals surface area contributed by atoms with Gasteiger partial charge in [-0.3, -0.25) is 0 Å². The summed E-state index contributed by atoms with van der Waals surface area (Å²) >= 11 is 8.75. The fourth-order valence-corrected chi connectivity index (χ4v) is 2.50. The molecule has 7 heteroatoms. The predicted molar refractivity (Wildman–Crippen MR) is 57.6 cm³/mol. The fraction of sp³-hybridized carbons (Fsp3) is 0.143. The highest BCUT2D eigenvalue weighted by atomic mass is 79.9. The molecular formula is C7H4BrCl2FO2S. The molecule has 2 nitrogen and oxygen atoms in total. The van der Waals surface area contributed by atoms with Crippen molar-refractivity contribution in [3.8, 4) is 0 Å². The van der Waals surface area contributed by atoms with Gasteiger partial charge in [-0.2, -0.15) is 0 Å². The van der Waals surface area contributed by atoms with Gasteiger partial charge in [0.1, 0.15) is 5.82 Å². The minimum atomic E-state index is -3.81. The van der Waals surface area contributed by atoms with E-state index < -0.39 is 20.6 Å². The van der Waals surface area contributed by atoms with Crippen LogP contribution in [0, 0.1) is 5.82 Å². The van der Waals surface area contributed by atoms with E-state index in [0.717, 1.165) is 6.07 Å². The van der Waals surface area contributed by atoms with Gasteiger partial charge >= 0.3 is 0 Å². The number of rotatable bonds is 2. The maximum Gasteiger partial charge on any atom is 0.236 e. The van der Waals surface area contributed by atoms with E-state index in [0.29, 0.717) is 4.47 Å². The summed E-state index contributed by atoms with van der Waals surface area (Å²) in [5.41, 5.74) is -0.129. The van der Waals surface area contributed by atoms with Crippen molar-refractivity contribution in [2.24, 2.45) is 0 Å². The monoisotopic (exact) mass is 320 g/mol. The molecule has 0 heterocycles. The minimum Gasteiger partial charge on any atom is -0.212 e. The molecule has 0 spiro atoms. The van der Waals surface area contributed by atoms with E-state index in [1.54, 1.807) is 0 Å². The molecule has 1 aromatic carbocycles. The lowest BCUT2D eigenvalue weighted by Crippen LogP contribution is -1.99. The largest absolute Gasteiger partial charge is 0.236 e. The Hall–Kier alpha value is 0.160. The second-order valence-electron chi connectivity index (χ2n) is 2.50. The van der Waals surface area contributed by atoms with Crippen molar-refractivity contribution in [2.75, 3.05) is 0 Å². The molecule has 0 fully saturated rings. The van der Waals surface area contributed by atoms with E-state index in [4.69, 9.17) is 22.3 Å². The second-order valence-corrected chi connectivity index (χ2v) is 6.51. The van der Waals surface area contributed by atoms with Crippen LogP contribution in [0.25, 0.3) is 0 Å². The summed E-state index contributed by atoms with van der Waals surface area (Å²) in [7, 11) is 1.18. The Kier molecular flexibility index (Phi) is 3.80. The van der Waals surface area contributed by atoms with Crippen LogP contribution in [-0.4, -0.2) is 8.42 Å². The summed E-state index contributed by atoms with van der Waals surface area (Å²) in [5, 5.41) is 0.0224. The van der Waals surface area contributed by atoms with Gasteiger partial charge in [-0.25, -0.2) is 12.8 Å². The molecule has 0 radical (unpaired) electrons. The van der Waals surface area contributed by atoms with Crippen LogP contribution in [0.15, 0.2) is 16.6 Å². The lowest BCUT2D eigenvalue weighted by atomic mass is 10.2. The first-order valence-corrected chi connectivity index (χ1v) is 7.01. The van der Waals surface area contributed by atoms with E-state index in [1.807, 2.05) is 0 Å². The standard InChI is InChI=1S/C7H4BrCl2FO2S/c8-5-1-2-6(11)4(7(5)9)3-14(10,12)13/h1-2H,3H2. The summed E-state index contributed by atoms with van der Waals surface area (Å²) in [5.74, 6) is -1.32. The summed E-state index contributed by atoms with van der Waals surface area (Å²) in [6, 6.07) is 2.51. The first kappa shape index (κ1) is 12.2. The maximum absolute atomic E-state index is 13.1. The lowest BCUT2D eigenvalue weighted by molar-refractivity contribution is 0.597. The van der Waals surface area contributed by atoms with Crippen LogP contribution in [0.5, 0.6) is 0 Å². The van der Waals surface area contributed by atoms with Crippen LogP contribution in [0.1, 0.15) is 5.56 Å². The van der Waals surface area contributed by atoms with E-state index in [-0.39, 0.29) is 10.6 Å². The highest BCUT2D eigenvalue weighted by molar-refractivity contribution is 9.10.